The van der Waals surface area contributed by atoms with Gasteiger partial charge in [0, 0.05) is 16.1 Å². The van der Waals surface area contributed by atoms with Gasteiger partial charge in [-0.05, 0) is 44.2 Å². The number of nitrogens with one attached hydrogen (secondary N) is 1. The molecule has 2 rings (SSSR count). The fourth-order valence-electron chi connectivity index (χ4n) is 2.14. The number of hydrogen-bond donors (Lipinski definition) is 2. The number of carbonyl (C=O) groups is 1. The highest BCUT2D eigenvalue weighted by atomic mass is 35.5. The Labute approximate surface area is 134 Å². The maximum absolute atomic E-state index is 12.4. The van der Waals surface area contributed by atoms with Gasteiger partial charge < -0.3 is 11.1 Å². The molecule has 0 radical (unpaired) electrons. The van der Waals surface area contributed by atoms with E-state index in [1.54, 1.807) is 18.2 Å². The summed E-state index contributed by atoms with van der Waals surface area (Å²) in [6, 6.07) is 10.7. The van der Waals surface area contributed by atoms with Crippen LogP contribution in [0.4, 0.5) is 5.69 Å². The highest BCUT2D eigenvalue weighted by Gasteiger charge is 2.12. The van der Waals surface area contributed by atoms with Crippen molar-refractivity contribution >= 4 is 40.4 Å². The highest BCUT2D eigenvalue weighted by Crippen LogP contribution is 2.22. The zero-order chi connectivity index (χ0) is 15.6. The highest BCUT2D eigenvalue weighted by molar-refractivity contribution is 7.80. The summed E-state index contributed by atoms with van der Waals surface area (Å²) in [6.07, 6.45) is 0. The topological polar surface area (TPSA) is 55.1 Å². The van der Waals surface area contributed by atoms with Crippen LogP contribution in [0.15, 0.2) is 36.4 Å². The maximum Gasteiger partial charge on any atom is 0.255 e. The molecule has 0 aliphatic heterocycles. The second kappa shape index (κ2) is 6.24. The minimum atomic E-state index is -0.221. The molecule has 0 atom stereocenters. The molecule has 2 aromatic carbocycles. The number of anilines is 1. The molecule has 0 aliphatic rings. The molecule has 0 heterocycles. The molecule has 3 nitrogen and oxygen atoms in total. The van der Waals surface area contributed by atoms with Crippen molar-refractivity contribution in [1.82, 2.24) is 0 Å². The van der Waals surface area contributed by atoms with E-state index in [0.29, 0.717) is 21.8 Å². The van der Waals surface area contributed by atoms with Crippen LogP contribution < -0.4 is 11.1 Å². The Kier molecular flexibility index (Phi) is 4.60. The van der Waals surface area contributed by atoms with Crippen molar-refractivity contribution in [2.75, 3.05) is 5.32 Å². The average molecular weight is 319 g/mol. The number of benzene rings is 2. The Morgan fingerprint density at radius 1 is 1.14 bits per heavy atom. The molecule has 21 heavy (non-hydrogen) atoms. The number of aryl methyl sites for hydroxylation is 2. The molecular formula is C16H15ClN2OS. The van der Waals surface area contributed by atoms with Crippen LogP contribution in [0, 0.1) is 13.8 Å². The van der Waals surface area contributed by atoms with Crippen LogP contribution in [0.25, 0.3) is 0 Å². The van der Waals surface area contributed by atoms with Gasteiger partial charge in [-0.15, -0.1) is 0 Å². The normalized spacial score (nSPS) is 10.2. The van der Waals surface area contributed by atoms with Gasteiger partial charge in [0.25, 0.3) is 5.91 Å². The lowest BCUT2D eigenvalue weighted by Crippen LogP contribution is -2.17. The van der Waals surface area contributed by atoms with Gasteiger partial charge in [0.05, 0.1) is 5.69 Å². The van der Waals surface area contributed by atoms with Crippen LogP contribution in [0.5, 0.6) is 0 Å². The summed E-state index contributed by atoms with van der Waals surface area (Å²) in [5.74, 6) is -0.221. The van der Waals surface area contributed by atoms with Crippen molar-refractivity contribution in [3.63, 3.8) is 0 Å². The van der Waals surface area contributed by atoms with Gasteiger partial charge in [-0.1, -0.05) is 41.0 Å². The number of amides is 1. The number of hydrogen-bond acceptors (Lipinski definition) is 2. The number of carbonyl (C=O) groups excluding carboxylic acids is 1. The standard InChI is InChI=1S/C16H15ClN2OS/c1-9-5-10(2)7-11(6-9)16(20)19-14-8-12(17)3-4-13(14)15(18)21/h3-8H,1-2H3,(H2,18,21)(H,19,20). The van der Waals surface area contributed by atoms with E-state index in [1.165, 1.54) is 0 Å². The predicted molar refractivity (Wildman–Crippen MR) is 91.2 cm³/mol. The average Bonchev–Trinajstić information content (AvgIpc) is 2.37. The lowest BCUT2D eigenvalue weighted by atomic mass is 10.1. The van der Waals surface area contributed by atoms with Crippen molar-refractivity contribution in [3.05, 3.63) is 63.7 Å². The molecule has 0 saturated carbocycles. The van der Waals surface area contributed by atoms with Crippen molar-refractivity contribution in [3.8, 4) is 0 Å². The van der Waals surface area contributed by atoms with Crippen LogP contribution >= 0.6 is 23.8 Å². The van der Waals surface area contributed by atoms with Crippen LogP contribution in [-0.4, -0.2) is 10.9 Å². The summed E-state index contributed by atoms with van der Waals surface area (Å²) in [6.45, 7) is 3.90. The van der Waals surface area contributed by atoms with Gasteiger partial charge in [-0.2, -0.15) is 0 Å². The van der Waals surface area contributed by atoms with Crippen LogP contribution in [0.2, 0.25) is 5.02 Å². The van der Waals surface area contributed by atoms with Gasteiger partial charge >= 0.3 is 0 Å². The van der Waals surface area contributed by atoms with Crippen LogP contribution in [-0.2, 0) is 0 Å². The largest absolute Gasteiger partial charge is 0.389 e. The lowest BCUT2D eigenvalue weighted by Gasteiger charge is -2.11. The van der Waals surface area contributed by atoms with Crippen LogP contribution in [0.1, 0.15) is 27.0 Å². The molecule has 0 unspecified atom stereocenters. The van der Waals surface area contributed by atoms with E-state index in [4.69, 9.17) is 29.6 Å². The molecule has 0 saturated heterocycles. The van der Waals surface area contributed by atoms with E-state index in [2.05, 4.69) is 5.32 Å². The Morgan fingerprint density at radius 3 is 2.33 bits per heavy atom. The smallest absolute Gasteiger partial charge is 0.255 e. The monoisotopic (exact) mass is 318 g/mol. The van der Waals surface area contributed by atoms with E-state index in [-0.39, 0.29) is 10.9 Å². The third kappa shape index (κ3) is 3.80. The molecule has 0 aliphatic carbocycles. The molecule has 0 aromatic heterocycles. The predicted octanol–water partition coefficient (Wildman–Crippen LogP) is 3.84. The Hall–Kier alpha value is -1.91. The first-order valence-electron chi connectivity index (χ1n) is 6.36. The number of thiocarbonyl (C=S) groups is 1. The lowest BCUT2D eigenvalue weighted by molar-refractivity contribution is 0.102. The summed E-state index contributed by atoms with van der Waals surface area (Å²) in [5.41, 5.74) is 9.41. The molecule has 5 heteroatoms. The van der Waals surface area contributed by atoms with Gasteiger partial charge in [0.2, 0.25) is 0 Å². The van der Waals surface area contributed by atoms with E-state index in [9.17, 15) is 4.79 Å². The van der Waals surface area contributed by atoms with Gasteiger partial charge in [0.15, 0.2) is 0 Å². The quantitative estimate of drug-likeness (QED) is 0.845. The molecule has 0 fully saturated rings. The minimum Gasteiger partial charge on any atom is -0.389 e. The first-order chi connectivity index (χ1) is 9.86. The van der Waals surface area contributed by atoms with Crippen molar-refractivity contribution in [1.29, 1.82) is 0 Å². The Bertz CT molecular complexity index is 708. The van der Waals surface area contributed by atoms with Crippen LogP contribution in [0.3, 0.4) is 0 Å². The van der Waals surface area contributed by atoms with Gasteiger partial charge in [-0.3, -0.25) is 4.79 Å². The van der Waals surface area contributed by atoms with Gasteiger partial charge in [-0.25, -0.2) is 0 Å². The Morgan fingerprint density at radius 2 is 1.76 bits per heavy atom. The first-order valence-corrected chi connectivity index (χ1v) is 7.14. The number of rotatable bonds is 3. The van der Waals surface area contributed by atoms with Crippen molar-refractivity contribution in [2.45, 2.75) is 13.8 Å². The number of halogens is 1. The molecule has 108 valence electrons. The van der Waals surface area contributed by atoms with Gasteiger partial charge in [0.1, 0.15) is 4.99 Å². The summed E-state index contributed by atoms with van der Waals surface area (Å²) in [5, 5.41) is 3.32. The molecule has 0 spiro atoms. The first kappa shape index (κ1) is 15.5. The maximum atomic E-state index is 12.4. The van der Waals surface area contributed by atoms with Crippen molar-refractivity contribution in [2.24, 2.45) is 5.73 Å². The zero-order valence-corrected chi connectivity index (χ0v) is 13.3. The molecule has 2 aromatic rings. The fraction of sp³-hybridized carbons (Fsp3) is 0.125. The third-order valence-corrected chi connectivity index (χ3v) is 3.43. The molecule has 3 N–H and O–H groups in total. The minimum absolute atomic E-state index is 0.211. The van der Waals surface area contributed by atoms with E-state index in [1.807, 2.05) is 32.0 Å². The van der Waals surface area contributed by atoms with E-state index in [0.717, 1.165) is 11.1 Å². The summed E-state index contributed by atoms with van der Waals surface area (Å²) < 4.78 is 0. The number of nitrogens with two attached hydrogens (primary N) is 1. The third-order valence-electron chi connectivity index (χ3n) is 2.98. The molecular weight excluding hydrogens is 304 g/mol. The molecule has 0 bridgehead atoms. The summed E-state index contributed by atoms with van der Waals surface area (Å²) >= 11 is 11.0. The van der Waals surface area contributed by atoms with E-state index >= 15 is 0 Å². The second-order valence-electron chi connectivity index (χ2n) is 4.88. The SMILES string of the molecule is Cc1cc(C)cc(C(=O)Nc2cc(Cl)ccc2C(N)=S)c1. The second-order valence-corrected chi connectivity index (χ2v) is 5.76. The zero-order valence-electron chi connectivity index (χ0n) is 11.7. The molecule has 1 amide bonds. The van der Waals surface area contributed by atoms with E-state index < -0.39 is 0 Å². The fourth-order valence-corrected chi connectivity index (χ4v) is 2.49. The summed E-state index contributed by atoms with van der Waals surface area (Å²) in [4.78, 5) is 12.6. The summed E-state index contributed by atoms with van der Waals surface area (Å²) in [7, 11) is 0. The van der Waals surface area contributed by atoms with Crippen molar-refractivity contribution < 1.29 is 4.79 Å². The Balaban J connectivity index is 2.35.